The molecule has 0 saturated carbocycles. The van der Waals surface area contributed by atoms with Crippen LogP contribution in [0, 0.1) is 5.41 Å². The number of hydrogen-bond acceptors (Lipinski definition) is 3. The van der Waals surface area contributed by atoms with Crippen LogP contribution in [0.3, 0.4) is 0 Å². The number of rotatable bonds is 2. The minimum Gasteiger partial charge on any atom is -0.508 e. The van der Waals surface area contributed by atoms with Crippen molar-refractivity contribution in [2.24, 2.45) is 5.41 Å². The van der Waals surface area contributed by atoms with Crippen molar-refractivity contribution in [3.63, 3.8) is 0 Å². The van der Waals surface area contributed by atoms with E-state index in [0.717, 1.165) is 18.7 Å². The van der Waals surface area contributed by atoms with Gasteiger partial charge in [0.1, 0.15) is 11.5 Å². The van der Waals surface area contributed by atoms with Crippen LogP contribution >= 0.6 is 0 Å². The molecule has 1 aromatic rings. The molecule has 1 aromatic carbocycles. The van der Waals surface area contributed by atoms with Gasteiger partial charge in [0.05, 0.1) is 6.61 Å². The molecule has 0 spiro atoms. The summed E-state index contributed by atoms with van der Waals surface area (Å²) in [5, 5.41) is 13.2. The Morgan fingerprint density at radius 2 is 2.00 bits per heavy atom. The fraction of sp³-hybridized carbons (Fsp3) is 0.571. The fourth-order valence-electron chi connectivity index (χ4n) is 2.02. The van der Waals surface area contributed by atoms with E-state index < -0.39 is 0 Å². The van der Waals surface area contributed by atoms with Crippen molar-refractivity contribution in [2.75, 3.05) is 13.2 Å². The summed E-state index contributed by atoms with van der Waals surface area (Å²) in [5.41, 5.74) is 0.717. The third kappa shape index (κ3) is 2.99. The Morgan fingerprint density at radius 3 is 2.59 bits per heavy atom. The van der Waals surface area contributed by atoms with Crippen LogP contribution in [-0.4, -0.2) is 24.0 Å². The van der Waals surface area contributed by atoms with Gasteiger partial charge < -0.3 is 9.84 Å². The van der Waals surface area contributed by atoms with Gasteiger partial charge in [-0.25, -0.2) is 0 Å². The molecule has 2 N–H and O–H groups in total. The minimum atomic E-state index is -0.381. The zero-order valence-electron chi connectivity index (χ0n) is 10.8. The van der Waals surface area contributed by atoms with Crippen molar-refractivity contribution >= 4 is 0 Å². The zero-order valence-corrected chi connectivity index (χ0v) is 10.8. The second-order valence-corrected chi connectivity index (χ2v) is 5.84. The molecule has 1 unspecified atom stereocenters. The molecule has 1 saturated heterocycles. The quantitative estimate of drug-likeness (QED) is 0.826. The Labute approximate surface area is 103 Å². The monoisotopic (exact) mass is 235 g/mol. The number of phenolic OH excluding ortho intramolecular Hbond substituents is 1. The van der Waals surface area contributed by atoms with Gasteiger partial charge in [-0.1, -0.05) is 32.0 Å². The van der Waals surface area contributed by atoms with E-state index in [1.165, 1.54) is 0 Å². The van der Waals surface area contributed by atoms with E-state index >= 15 is 0 Å². The zero-order chi connectivity index (χ0) is 12.5. The van der Waals surface area contributed by atoms with Crippen LogP contribution < -0.4 is 5.32 Å². The molecule has 1 aliphatic rings. The molecule has 1 atom stereocenters. The van der Waals surface area contributed by atoms with Crippen molar-refractivity contribution in [1.82, 2.24) is 5.32 Å². The molecule has 1 aliphatic heterocycles. The number of para-hydroxylation sites is 1. The minimum absolute atomic E-state index is 0.179. The van der Waals surface area contributed by atoms with E-state index in [1.54, 1.807) is 6.07 Å². The first-order valence-corrected chi connectivity index (χ1v) is 6.06. The van der Waals surface area contributed by atoms with Gasteiger partial charge in [0.2, 0.25) is 0 Å². The van der Waals surface area contributed by atoms with Crippen LogP contribution in [0.2, 0.25) is 0 Å². The molecule has 17 heavy (non-hydrogen) atoms. The third-order valence-electron chi connectivity index (χ3n) is 3.24. The lowest BCUT2D eigenvalue weighted by atomic mass is 9.90. The van der Waals surface area contributed by atoms with Crippen molar-refractivity contribution in [3.05, 3.63) is 29.8 Å². The maximum Gasteiger partial charge on any atom is 0.120 e. The highest BCUT2D eigenvalue weighted by molar-refractivity contribution is 5.32. The van der Waals surface area contributed by atoms with Crippen LogP contribution in [0.15, 0.2) is 24.3 Å². The Morgan fingerprint density at radius 1 is 1.29 bits per heavy atom. The summed E-state index contributed by atoms with van der Waals surface area (Å²) in [7, 11) is 0. The van der Waals surface area contributed by atoms with Gasteiger partial charge in [0.15, 0.2) is 0 Å². The van der Waals surface area contributed by atoms with E-state index in [0.29, 0.717) is 12.2 Å². The largest absolute Gasteiger partial charge is 0.508 e. The van der Waals surface area contributed by atoms with Crippen LogP contribution in [0.4, 0.5) is 0 Å². The highest BCUT2D eigenvalue weighted by atomic mass is 16.5. The van der Waals surface area contributed by atoms with E-state index in [1.807, 2.05) is 25.1 Å². The van der Waals surface area contributed by atoms with Gasteiger partial charge in [0.25, 0.3) is 0 Å². The van der Waals surface area contributed by atoms with Crippen LogP contribution in [0.25, 0.3) is 0 Å². The molecule has 0 aliphatic carbocycles. The molecule has 3 nitrogen and oxygen atoms in total. The first-order valence-electron chi connectivity index (χ1n) is 6.06. The van der Waals surface area contributed by atoms with Crippen molar-refractivity contribution in [3.8, 4) is 5.75 Å². The lowest BCUT2D eigenvalue weighted by molar-refractivity contribution is -0.125. The van der Waals surface area contributed by atoms with Gasteiger partial charge >= 0.3 is 0 Å². The highest BCUT2D eigenvalue weighted by Crippen LogP contribution is 2.28. The Hall–Kier alpha value is -1.06. The van der Waals surface area contributed by atoms with Gasteiger partial charge in [-0.05, 0) is 18.6 Å². The Balaban J connectivity index is 2.07. The molecule has 3 heteroatoms. The Kier molecular flexibility index (Phi) is 3.15. The normalized spacial score (nSPS) is 27.9. The molecule has 0 bridgehead atoms. The maximum atomic E-state index is 9.77. The summed E-state index contributed by atoms with van der Waals surface area (Å²) in [6.07, 6.45) is 0.676. The van der Waals surface area contributed by atoms with Crippen molar-refractivity contribution in [2.45, 2.75) is 32.9 Å². The third-order valence-corrected chi connectivity index (χ3v) is 3.24. The molecular formula is C14H21NO2. The van der Waals surface area contributed by atoms with Gasteiger partial charge in [-0.2, -0.15) is 0 Å². The maximum absolute atomic E-state index is 9.77. The molecular weight excluding hydrogens is 214 g/mol. The molecule has 0 amide bonds. The summed E-state index contributed by atoms with van der Waals surface area (Å²) in [6, 6.07) is 7.42. The van der Waals surface area contributed by atoms with Gasteiger partial charge in [-0.15, -0.1) is 0 Å². The standard InChI is InChI=1S/C14H21NO2/c1-13(2)9-15-14(3,17-10-13)8-11-6-4-5-7-12(11)16/h4-7,15-16H,8-10H2,1-3H3. The van der Waals surface area contributed by atoms with Gasteiger partial charge in [-0.3, -0.25) is 5.32 Å². The van der Waals surface area contributed by atoms with Gasteiger partial charge in [0, 0.05) is 18.4 Å². The first kappa shape index (κ1) is 12.4. The number of nitrogens with one attached hydrogen (secondary N) is 1. The second-order valence-electron chi connectivity index (χ2n) is 5.84. The first-order chi connectivity index (χ1) is 7.90. The number of benzene rings is 1. The number of ether oxygens (including phenoxy) is 1. The molecule has 1 fully saturated rings. The predicted molar refractivity (Wildman–Crippen MR) is 68.0 cm³/mol. The molecule has 0 radical (unpaired) electrons. The van der Waals surface area contributed by atoms with Crippen LogP contribution in [0.5, 0.6) is 5.75 Å². The number of aromatic hydroxyl groups is 1. The summed E-state index contributed by atoms with van der Waals surface area (Å²) < 4.78 is 5.92. The average molecular weight is 235 g/mol. The average Bonchev–Trinajstić information content (AvgIpc) is 2.27. The van der Waals surface area contributed by atoms with Crippen molar-refractivity contribution < 1.29 is 9.84 Å². The van der Waals surface area contributed by atoms with E-state index in [4.69, 9.17) is 4.74 Å². The smallest absolute Gasteiger partial charge is 0.120 e. The van der Waals surface area contributed by atoms with E-state index in [9.17, 15) is 5.11 Å². The van der Waals surface area contributed by atoms with E-state index in [2.05, 4.69) is 19.2 Å². The lowest BCUT2D eigenvalue weighted by Gasteiger charge is -2.42. The number of hydrogen-bond donors (Lipinski definition) is 2. The molecule has 1 heterocycles. The predicted octanol–water partition coefficient (Wildman–Crippen LogP) is 2.30. The Bertz CT molecular complexity index is 391. The van der Waals surface area contributed by atoms with E-state index in [-0.39, 0.29) is 11.1 Å². The molecule has 2 rings (SSSR count). The topological polar surface area (TPSA) is 41.5 Å². The summed E-state index contributed by atoms with van der Waals surface area (Å²) in [5.74, 6) is 0.337. The lowest BCUT2D eigenvalue weighted by Crippen LogP contribution is -2.56. The van der Waals surface area contributed by atoms with Crippen LogP contribution in [-0.2, 0) is 11.2 Å². The molecule has 94 valence electrons. The fourth-order valence-corrected chi connectivity index (χ4v) is 2.02. The number of phenols is 1. The summed E-state index contributed by atoms with van der Waals surface area (Å²) in [6.45, 7) is 8.06. The van der Waals surface area contributed by atoms with Crippen LogP contribution in [0.1, 0.15) is 26.3 Å². The summed E-state index contributed by atoms with van der Waals surface area (Å²) in [4.78, 5) is 0. The highest BCUT2D eigenvalue weighted by Gasteiger charge is 2.35. The summed E-state index contributed by atoms with van der Waals surface area (Å²) >= 11 is 0. The second kappa shape index (κ2) is 4.31. The molecule has 0 aromatic heterocycles. The SMILES string of the molecule is CC1(C)CNC(C)(Cc2ccccc2O)OC1. The van der Waals surface area contributed by atoms with Crippen molar-refractivity contribution in [1.29, 1.82) is 0 Å².